The normalized spacial score (nSPS) is 12.4. The molecule has 0 saturated heterocycles. The molecule has 1 unspecified atom stereocenters. The molecule has 2 rings (SSSR count). The van der Waals surface area contributed by atoms with Crippen LogP contribution in [0.5, 0.6) is 0 Å². The van der Waals surface area contributed by atoms with Gasteiger partial charge >= 0.3 is 0 Å². The van der Waals surface area contributed by atoms with Crippen molar-refractivity contribution < 1.29 is 4.39 Å². The highest BCUT2D eigenvalue weighted by Gasteiger charge is 2.13. The van der Waals surface area contributed by atoms with Crippen molar-refractivity contribution in [3.8, 4) is 0 Å². The van der Waals surface area contributed by atoms with E-state index in [4.69, 9.17) is 0 Å². The Morgan fingerprint density at radius 2 is 1.71 bits per heavy atom. The molecule has 0 bridgehead atoms. The number of hydrogen-bond donors (Lipinski definition) is 1. The first-order valence-corrected chi connectivity index (χ1v) is 7.56. The summed E-state index contributed by atoms with van der Waals surface area (Å²) in [7, 11) is 0. The topological polar surface area (TPSA) is 12.0 Å². The van der Waals surface area contributed by atoms with Crippen LogP contribution < -0.4 is 5.32 Å². The van der Waals surface area contributed by atoms with Crippen LogP contribution in [0, 0.1) is 26.6 Å². The van der Waals surface area contributed by atoms with Gasteiger partial charge in [-0.3, -0.25) is 0 Å². The first-order valence-electron chi connectivity index (χ1n) is 7.56. The lowest BCUT2D eigenvalue weighted by Crippen LogP contribution is -2.23. The summed E-state index contributed by atoms with van der Waals surface area (Å²) < 4.78 is 13.5. The van der Waals surface area contributed by atoms with Crippen molar-refractivity contribution in [3.05, 3.63) is 70.0 Å². The number of nitrogens with one attached hydrogen (secondary N) is 1. The van der Waals surface area contributed by atoms with Crippen molar-refractivity contribution in [2.75, 3.05) is 6.54 Å². The fourth-order valence-corrected chi connectivity index (χ4v) is 2.61. The van der Waals surface area contributed by atoms with Crippen LogP contribution in [0.15, 0.2) is 36.4 Å². The molecule has 0 aliphatic carbocycles. The van der Waals surface area contributed by atoms with Crippen LogP contribution in [0.3, 0.4) is 0 Å². The Labute approximate surface area is 127 Å². The maximum Gasteiger partial charge on any atom is 0.126 e. The zero-order chi connectivity index (χ0) is 15.4. The van der Waals surface area contributed by atoms with Crippen molar-refractivity contribution >= 4 is 0 Å². The van der Waals surface area contributed by atoms with Crippen LogP contribution in [0.1, 0.15) is 40.8 Å². The Balaban J connectivity index is 2.25. The van der Waals surface area contributed by atoms with Crippen molar-refractivity contribution in [2.24, 2.45) is 0 Å². The second kappa shape index (κ2) is 6.86. The van der Waals surface area contributed by atoms with Crippen LogP contribution in [0.2, 0.25) is 0 Å². The smallest absolute Gasteiger partial charge is 0.126 e. The van der Waals surface area contributed by atoms with E-state index in [1.165, 1.54) is 16.7 Å². The third-order valence-corrected chi connectivity index (χ3v) is 4.05. The molecule has 2 aromatic rings. The molecule has 0 aliphatic heterocycles. The summed E-state index contributed by atoms with van der Waals surface area (Å²) >= 11 is 0. The summed E-state index contributed by atoms with van der Waals surface area (Å²) in [5, 5.41) is 3.51. The second-order valence-corrected chi connectivity index (χ2v) is 5.74. The molecule has 2 aromatic carbocycles. The Morgan fingerprint density at radius 3 is 2.33 bits per heavy atom. The van der Waals surface area contributed by atoms with Gasteiger partial charge in [0.25, 0.3) is 0 Å². The first kappa shape index (κ1) is 15.7. The highest BCUT2D eigenvalue weighted by atomic mass is 19.1. The van der Waals surface area contributed by atoms with E-state index in [-0.39, 0.29) is 11.9 Å². The van der Waals surface area contributed by atoms with Crippen LogP contribution in [0.25, 0.3) is 0 Å². The van der Waals surface area contributed by atoms with Crippen LogP contribution in [-0.4, -0.2) is 6.54 Å². The molecule has 0 radical (unpaired) electrons. The number of aryl methyl sites for hydroxylation is 3. The number of halogens is 1. The quantitative estimate of drug-likeness (QED) is 0.843. The molecule has 0 aromatic heterocycles. The zero-order valence-electron chi connectivity index (χ0n) is 13.3. The monoisotopic (exact) mass is 285 g/mol. The van der Waals surface area contributed by atoms with Crippen molar-refractivity contribution in [1.29, 1.82) is 0 Å². The van der Waals surface area contributed by atoms with E-state index in [0.29, 0.717) is 5.56 Å². The number of hydrogen-bond acceptors (Lipinski definition) is 1. The molecule has 1 N–H and O–H groups in total. The average molecular weight is 285 g/mol. The predicted octanol–water partition coefficient (Wildman–Crippen LogP) is 4.64. The molecule has 0 amide bonds. The lowest BCUT2D eigenvalue weighted by molar-refractivity contribution is 0.546. The van der Waals surface area contributed by atoms with Gasteiger partial charge in [-0.15, -0.1) is 0 Å². The van der Waals surface area contributed by atoms with E-state index >= 15 is 0 Å². The molecule has 1 nitrogen and oxygen atoms in total. The molecule has 0 saturated carbocycles. The summed E-state index contributed by atoms with van der Waals surface area (Å²) in [6.45, 7) is 9.08. The maximum atomic E-state index is 13.5. The standard InChI is InChI=1S/C19H24FN/c1-5-21-19(17-8-9-18(20)15(4)11-17)12-16-7-6-13(2)14(3)10-16/h6-11,19,21H,5,12H2,1-4H3. The largest absolute Gasteiger partial charge is 0.310 e. The van der Waals surface area contributed by atoms with Crippen LogP contribution in [-0.2, 0) is 6.42 Å². The molecule has 0 aliphatic rings. The lowest BCUT2D eigenvalue weighted by Gasteiger charge is -2.20. The Morgan fingerprint density at radius 1 is 0.952 bits per heavy atom. The number of benzene rings is 2. The molecule has 0 fully saturated rings. The van der Waals surface area contributed by atoms with E-state index in [1.54, 1.807) is 6.07 Å². The number of likely N-dealkylation sites (N-methyl/N-ethyl adjacent to an activating group) is 1. The minimum Gasteiger partial charge on any atom is -0.310 e. The highest BCUT2D eigenvalue weighted by molar-refractivity contribution is 5.33. The minimum atomic E-state index is -0.139. The van der Waals surface area contributed by atoms with Gasteiger partial charge < -0.3 is 5.32 Å². The predicted molar refractivity (Wildman–Crippen MR) is 87.2 cm³/mol. The van der Waals surface area contributed by atoms with Gasteiger partial charge in [0.1, 0.15) is 5.82 Å². The van der Waals surface area contributed by atoms with Crippen molar-refractivity contribution in [3.63, 3.8) is 0 Å². The van der Waals surface area contributed by atoms with Gasteiger partial charge in [0.2, 0.25) is 0 Å². The minimum absolute atomic E-state index is 0.139. The van der Waals surface area contributed by atoms with Crippen LogP contribution in [0.4, 0.5) is 4.39 Å². The van der Waals surface area contributed by atoms with Gasteiger partial charge in [-0.05, 0) is 67.6 Å². The fraction of sp³-hybridized carbons (Fsp3) is 0.368. The molecule has 1 atom stereocenters. The maximum absolute atomic E-state index is 13.5. The summed E-state index contributed by atoms with van der Waals surface area (Å²) in [5.41, 5.74) is 5.80. The van der Waals surface area contributed by atoms with E-state index in [1.807, 2.05) is 19.1 Å². The van der Waals surface area contributed by atoms with Gasteiger partial charge in [-0.25, -0.2) is 4.39 Å². The zero-order valence-corrected chi connectivity index (χ0v) is 13.3. The fourth-order valence-electron chi connectivity index (χ4n) is 2.61. The first-order chi connectivity index (χ1) is 10.0. The molecule has 21 heavy (non-hydrogen) atoms. The van der Waals surface area contributed by atoms with Gasteiger partial charge in [0.05, 0.1) is 0 Å². The van der Waals surface area contributed by atoms with Gasteiger partial charge in [-0.2, -0.15) is 0 Å². The molecule has 2 heteroatoms. The van der Waals surface area contributed by atoms with Gasteiger partial charge in [0, 0.05) is 6.04 Å². The number of rotatable bonds is 5. The van der Waals surface area contributed by atoms with E-state index in [9.17, 15) is 4.39 Å². The Kier molecular flexibility index (Phi) is 5.13. The molecule has 0 heterocycles. The van der Waals surface area contributed by atoms with Gasteiger partial charge in [-0.1, -0.05) is 37.3 Å². The molecule has 112 valence electrons. The van der Waals surface area contributed by atoms with Crippen molar-refractivity contribution in [1.82, 2.24) is 5.32 Å². The SMILES string of the molecule is CCNC(Cc1ccc(C)c(C)c1)c1ccc(F)c(C)c1. The average Bonchev–Trinajstić information content (AvgIpc) is 2.45. The summed E-state index contributed by atoms with van der Waals surface area (Å²) in [6.07, 6.45) is 0.917. The summed E-state index contributed by atoms with van der Waals surface area (Å²) in [4.78, 5) is 0. The summed E-state index contributed by atoms with van der Waals surface area (Å²) in [5.74, 6) is -0.139. The Bertz CT molecular complexity index is 619. The van der Waals surface area contributed by atoms with Crippen molar-refractivity contribution in [2.45, 2.75) is 40.2 Å². The second-order valence-electron chi connectivity index (χ2n) is 5.74. The van der Waals surface area contributed by atoms with E-state index < -0.39 is 0 Å². The molecular weight excluding hydrogens is 261 g/mol. The van der Waals surface area contributed by atoms with Gasteiger partial charge in [0.15, 0.2) is 0 Å². The Hall–Kier alpha value is -1.67. The highest BCUT2D eigenvalue weighted by Crippen LogP contribution is 2.22. The molecule has 0 spiro atoms. The van der Waals surface area contributed by atoms with E-state index in [2.05, 4.69) is 44.3 Å². The lowest BCUT2D eigenvalue weighted by atomic mass is 9.95. The van der Waals surface area contributed by atoms with Crippen LogP contribution >= 0.6 is 0 Å². The van der Waals surface area contributed by atoms with E-state index in [0.717, 1.165) is 18.5 Å². The molecular formula is C19H24FN. The third-order valence-electron chi connectivity index (χ3n) is 4.05. The third kappa shape index (κ3) is 3.92. The summed E-state index contributed by atoms with van der Waals surface area (Å²) in [6, 6.07) is 12.2.